The Labute approximate surface area is 91.2 Å². The summed E-state index contributed by atoms with van der Waals surface area (Å²) in [7, 11) is -3.30. The van der Waals surface area contributed by atoms with Crippen molar-refractivity contribution in [1.82, 2.24) is 0 Å². The smallest absolute Gasteiger partial charge is 0.183 e. The summed E-state index contributed by atoms with van der Waals surface area (Å²) in [6.07, 6.45) is 0. The molecule has 1 rings (SSSR count). The Balaban J connectivity index is 3.41. The number of hydrogen-bond acceptors (Lipinski definition) is 3. The highest BCUT2D eigenvalue weighted by atomic mass is 32.2. The molecule has 0 bridgehead atoms. The lowest BCUT2D eigenvalue weighted by Crippen LogP contribution is -2.28. The standard InChI is InChI=1S/C11H17NO2S/c1-8-5-9(12)7-10(6-8)15(13,14)11(2,3)4/h5-7H,12H2,1-4H3. The highest BCUT2D eigenvalue weighted by Crippen LogP contribution is 2.26. The summed E-state index contributed by atoms with van der Waals surface area (Å²) in [6, 6.07) is 4.91. The second-order valence-corrected chi connectivity index (χ2v) is 7.40. The molecule has 84 valence electrons. The van der Waals surface area contributed by atoms with Crippen molar-refractivity contribution < 1.29 is 8.42 Å². The number of sulfone groups is 1. The van der Waals surface area contributed by atoms with Crippen LogP contribution in [0.2, 0.25) is 0 Å². The number of rotatable bonds is 1. The third-order valence-electron chi connectivity index (χ3n) is 2.19. The summed E-state index contributed by atoms with van der Waals surface area (Å²) in [5, 5.41) is 0. The minimum atomic E-state index is -3.30. The quantitative estimate of drug-likeness (QED) is 0.748. The predicted molar refractivity (Wildman–Crippen MR) is 62.5 cm³/mol. The Morgan fingerprint density at radius 3 is 2.07 bits per heavy atom. The maximum Gasteiger partial charge on any atom is 0.183 e. The largest absolute Gasteiger partial charge is 0.399 e. The Morgan fingerprint density at radius 2 is 1.67 bits per heavy atom. The molecular formula is C11H17NO2S. The van der Waals surface area contributed by atoms with Gasteiger partial charge in [0.05, 0.1) is 9.64 Å². The SMILES string of the molecule is Cc1cc(N)cc(S(=O)(=O)C(C)(C)C)c1. The topological polar surface area (TPSA) is 60.2 Å². The average Bonchev–Trinajstić information content (AvgIpc) is 1.99. The highest BCUT2D eigenvalue weighted by Gasteiger charge is 2.30. The molecule has 0 saturated carbocycles. The van der Waals surface area contributed by atoms with Crippen LogP contribution >= 0.6 is 0 Å². The average molecular weight is 227 g/mol. The van der Waals surface area contributed by atoms with Crippen molar-refractivity contribution >= 4 is 15.5 Å². The second-order valence-electron chi connectivity index (χ2n) is 4.70. The van der Waals surface area contributed by atoms with Gasteiger partial charge in [-0.1, -0.05) is 0 Å². The maximum absolute atomic E-state index is 12.1. The summed E-state index contributed by atoms with van der Waals surface area (Å²) in [5.41, 5.74) is 6.98. The molecule has 4 heteroatoms. The van der Waals surface area contributed by atoms with Gasteiger partial charge in [-0.25, -0.2) is 8.42 Å². The van der Waals surface area contributed by atoms with Gasteiger partial charge in [0.25, 0.3) is 0 Å². The summed E-state index contributed by atoms with van der Waals surface area (Å²) in [6.45, 7) is 6.88. The number of nitrogens with two attached hydrogens (primary N) is 1. The molecule has 0 heterocycles. The van der Waals surface area contributed by atoms with E-state index in [2.05, 4.69) is 0 Å². The van der Waals surface area contributed by atoms with Gasteiger partial charge in [0.2, 0.25) is 0 Å². The van der Waals surface area contributed by atoms with Gasteiger partial charge in [-0.15, -0.1) is 0 Å². The molecule has 15 heavy (non-hydrogen) atoms. The number of aryl methyl sites for hydroxylation is 1. The molecule has 0 fully saturated rings. The molecule has 0 aliphatic carbocycles. The molecule has 0 unspecified atom stereocenters. The lowest BCUT2D eigenvalue weighted by Gasteiger charge is -2.19. The van der Waals surface area contributed by atoms with Crippen molar-refractivity contribution in [2.75, 3.05) is 5.73 Å². The minimum Gasteiger partial charge on any atom is -0.399 e. The second kappa shape index (κ2) is 3.52. The molecule has 0 aliphatic heterocycles. The van der Waals surface area contributed by atoms with Gasteiger partial charge in [0.1, 0.15) is 0 Å². The Morgan fingerprint density at radius 1 is 1.13 bits per heavy atom. The Kier molecular flexibility index (Phi) is 2.83. The zero-order valence-electron chi connectivity index (χ0n) is 9.53. The fourth-order valence-electron chi connectivity index (χ4n) is 1.29. The summed E-state index contributed by atoms with van der Waals surface area (Å²) in [5.74, 6) is 0. The third kappa shape index (κ3) is 2.31. The summed E-state index contributed by atoms with van der Waals surface area (Å²) in [4.78, 5) is 0.299. The molecule has 1 aromatic carbocycles. The maximum atomic E-state index is 12.1. The fraction of sp³-hybridized carbons (Fsp3) is 0.455. The lowest BCUT2D eigenvalue weighted by molar-refractivity contribution is 0.560. The molecule has 0 spiro atoms. The monoisotopic (exact) mass is 227 g/mol. The van der Waals surface area contributed by atoms with E-state index in [4.69, 9.17) is 5.73 Å². The van der Waals surface area contributed by atoms with E-state index in [9.17, 15) is 8.42 Å². The van der Waals surface area contributed by atoms with Crippen molar-refractivity contribution in [3.05, 3.63) is 23.8 Å². The molecule has 0 amide bonds. The van der Waals surface area contributed by atoms with E-state index in [0.717, 1.165) is 5.56 Å². The van der Waals surface area contributed by atoms with Crippen LogP contribution in [0.5, 0.6) is 0 Å². The zero-order chi connectivity index (χ0) is 11.9. The van der Waals surface area contributed by atoms with Crippen LogP contribution in [-0.4, -0.2) is 13.2 Å². The van der Waals surface area contributed by atoms with Crippen LogP contribution in [-0.2, 0) is 9.84 Å². The van der Waals surface area contributed by atoms with Gasteiger partial charge in [-0.2, -0.15) is 0 Å². The zero-order valence-corrected chi connectivity index (χ0v) is 10.4. The molecule has 0 aliphatic rings. The van der Waals surface area contributed by atoms with Crippen molar-refractivity contribution in [2.45, 2.75) is 37.3 Å². The number of hydrogen-bond donors (Lipinski definition) is 1. The van der Waals surface area contributed by atoms with Crippen molar-refractivity contribution in [3.8, 4) is 0 Å². The van der Waals surface area contributed by atoms with Gasteiger partial charge >= 0.3 is 0 Å². The van der Waals surface area contributed by atoms with E-state index in [-0.39, 0.29) is 0 Å². The minimum absolute atomic E-state index is 0.299. The molecule has 2 N–H and O–H groups in total. The van der Waals surface area contributed by atoms with E-state index in [1.165, 1.54) is 6.07 Å². The Bertz CT molecular complexity index is 450. The number of nitrogen functional groups attached to an aromatic ring is 1. The molecule has 0 aromatic heterocycles. The van der Waals surface area contributed by atoms with Crippen molar-refractivity contribution in [2.24, 2.45) is 0 Å². The van der Waals surface area contributed by atoms with Crippen LogP contribution in [0.15, 0.2) is 23.1 Å². The van der Waals surface area contributed by atoms with Crippen LogP contribution in [0.25, 0.3) is 0 Å². The summed E-state index contributed by atoms with van der Waals surface area (Å²) >= 11 is 0. The van der Waals surface area contributed by atoms with Gasteiger partial charge < -0.3 is 5.73 Å². The van der Waals surface area contributed by atoms with Gasteiger partial charge in [0, 0.05) is 5.69 Å². The predicted octanol–water partition coefficient (Wildman–Crippen LogP) is 2.15. The molecule has 0 saturated heterocycles. The van der Waals surface area contributed by atoms with E-state index in [0.29, 0.717) is 10.6 Å². The van der Waals surface area contributed by atoms with Gasteiger partial charge in [-0.05, 0) is 51.5 Å². The first kappa shape index (κ1) is 12.0. The van der Waals surface area contributed by atoms with Crippen molar-refractivity contribution in [3.63, 3.8) is 0 Å². The molecule has 0 atom stereocenters. The van der Waals surface area contributed by atoms with Crippen LogP contribution in [0, 0.1) is 6.92 Å². The van der Waals surface area contributed by atoms with Crippen LogP contribution in [0.4, 0.5) is 5.69 Å². The van der Waals surface area contributed by atoms with Crippen LogP contribution < -0.4 is 5.73 Å². The van der Waals surface area contributed by atoms with E-state index < -0.39 is 14.6 Å². The van der Waals surface area contributed by atoms with E-state index >= 15 is 0 Å². The number of anilines is 1. The van der Waals surface area contributed by atoms with Crippen LogP contribution in [0.3, 0.4) is 0 Å². The van der Waals surface area contributed by atoms with Gasteiger partial charge in [0.15, 0.2) is 9.84 Å². The van der Waals surface area contributed by atoms with Gasteiger partial charge in [-0.3, -0.25) is 0 Å². The van der Waals surface area contributed by atoms with Crippen LogP contribution in [0.1, 0.15) is 26.3 Å². The number of benzene rings is 1. The molecule has 0 radical (unpaired) electrons. The molecule has 1 aromatic rings. The highest BCUT2D eigenvalue weighted by molar-refractivity contribution is 7.92. The van der Waals surface area contributed by atoms with E-state index in [1.54, 1.807) is 32.9 Å². The Hall–Kier alpha value is -1.03. The summed E-state index contributed by atoms with van der Waals surface area (Å²) < 4.78 is 23.4. The normalized spacial score (nSPS) is 12.8. The van der Waals surface area contributed by atoms with Crippen molar-refractivity contribution in [1.29, 1.82) is 0 Å². The first-order valence-corrected chi connectivity index (χ1v) is 6.25. The lowest BCUT2D eigenvalue weighted by atomic mass is 10.2. The fourth-order valence-corrected chi connectivity index (χ4v) is 2.62. The van der Waals surface area contributed by atoms with E-state index in [1.807, 2.05) is 6.92 Å². The molecule has 3 nitrogen and oxygen atoms in total. The third-order valence-corrected chi connectivity index (χ3v) is 4.66. The first-order chi connectivity index (χ1) is 6.64. The first-order valence-electron chi connectivity index (χ1n) is 4.76. The molecular weight excluding hydrogens is 210 g/mol.